The van der Waals surface area contributed by atoms with Gasteiger partial charge in [-0.1, -0.05) is 6.08 Å². The number of hydrogen-bond acceptors (Lipinski definition) is 8. The summed E-state index contributed by atoms with van der Waals surface area (Å²) in [7, 11) is 0. The molecule has 1 saturated heterocycles. The number of nitrogens with one attached hydrogen (secondary N) is 2. The van der Waals surface area contributed by atoms with Crippen LogP contribution in [0.25, 0.3) is 0 Å². The van der Waals surface area contributed by atoms with Crippen molar-refractivity contribution < 1.29 is 9.53 Å². The molecular formula is C23H31N7O2. The fraction of sp³-hybridized carbons (Fsp3) is 0.522. The van der Waals surface area contributed by atoms with Crippen LogP contribution in [0.4, 0.5) is 17.6 Å². The molecule has 1 aliphatic carbocycles. The van der Waals surface area contributed by atoms with Gasteiger partial charge in [-0.15, -0.1) is 5.10 Å². The second-order valence-electron chi connectivity index (χ2n) is 8.90. The van der Waals surface area contributed by atoms with Crippen molar-refractivity contribution in [2.75, 3.05) is 37.3 Å². The summed E-state index contributed by atoms with van der Waals surface area (Å²) in [6.45, 7) is 4.00. The molecular weight excluding hydrogens is 406 g/mol. The zero-order valence-corrected chi connectivity index (χ0v) is 18.2. The molecule has 3 heterocycles. The predicted octanol–water partition coefficient (Wildman–Crippen LogP) is 2.62. The number of nitrogens with zero attached hydrogens (tertiary/aromatic N) is 4. The smallest absolute Gasteiger partial charge is 0.253 e. The quantitative estimate of drug-likeness (QED) is 0.606. The van der Waals surface area contributed by atoms with E-state index in [4.69, 9.17) is 10.5 Å². The van der Waals surface area contributed by atoms with E-state index in [-0.39, 0.29) is 17.8 Å². The van der Waals surface area contributed by atoms with E-state index >= 15 is 0 Å². The molecule has 1 saturated carbocycles. The van der Waals surface area contributed by atoms with Crippen LogP contribution < -0.4 is 21.1 Å². The SMILES string of the molecule is Nc1nc(Nc2ccc(OCCN3CCCC3)cc2)nn1C(=O)C1CCC2NC=CC2C1. The first-order valence-corrected chi connectivity index (χ1v) is 11.6. The molecule has 3 aliphatic rings. The van der Waals surface area contributed by atoms with Crippen LogP contribution in [0.15, 0.2) is 36.5 Å². The minimum Gasteiger partial charge on any atom is -0.492 e. The van der Waals surface area contributed by atoms with E-state index in [1.54, 1.807) is 0 Å². The van der Waals surface area contributed by atoms with Crippen molar-refractivity contribution >= 4 is 23.5 Å². The molecule has 9 nitrogen and oxygen atoms in total. The molecule has 1 aromatic carbocycles. The zero-order valence-electron chi connectivity index (χ0n) is 18.2. The van der Waals surface area contributed by atoms with Crippen LogP contribution in [0.2, 0.25) is 0 Å². The number of aromatic nitrogens is 3. The number of benzene rings is 1. The fourth-order valence-electron chi connectivity index (χ4n) is 4.93. The topological polar surface area (TPSA) is 110 Å². The van der Waals surface area contributed by atoms with Gasteiger partial charge < -0.3 is 21.1 Å². The number of likely N-dealkylation sites (tertiary alicyclic amines) is 1. The Labute approximate surface area is 188 Å². The van der Waals surface area contributed by atoms with Gasteiger partial charge in [-0.25, -0.2) is 0 Å². The van der Waals surface area contributed by atoms with Crippen molar-refractivity contribution in [3.63, 3.8) is 0 Å². The average Bonchev–Trinajstić information content (AvgIpc) is 3.55. The lowest BCUT2D eigenvalue weighted by molar-refractivity contribution is 0.0763. The second kappa shape index (κ2) is 9.20. The number of carbonyl (C=O) groups is 1. The van der Waals surface area contributed by atoms with Gasteiger partial charge in [0.2, 0.25) is 11.9 Å². The Hall–Kier alpha value is -3.07. The molecule has 2 aromatic rings. The molecule has 0 amide bonds. The van der Waals surface area contributed by atoms with Gasteiger partial charge in [0.1, 0.15) is 12.4 Å². The largest absolute Gasteiger partial charge is 0.492 e. The third-order valence-corrected chi connectivity index (χ3v) is 6.73. The minimum absolute atomic E-state index is 0.0800. The lowest BCUT2D eigenvalue weighted by Gasteiger charge is -2.30. The van der Waals surface area contributed by atoms with Crippen molar-refractivity contribution in [2.24, 2.45) is 11.8 Å². The molecule has 0 spiro atoms. The highest BCUT2D eigenvalue weighted by Crippen LogP contribution is 2.34. The number of hydrogen-bond donors (Lipinski definition) is 3. The summed E-state index contributed by atoms with van der Waals surface area (Å²) >= 11 is 0. The Bertz CT molecular complexity index is 965. The van der Waals surface area contributed by atoms with Gasteiger partial charge in [-0.2, -0.15) is 9.67 Å². The Kier molecular flexibility index (Phi) is 5.98. The summed E-state index contributed by atoms with van der Waals surface area (Å²) in [6.07, 6.45) is 9.34. The summed E-state index contributed by atoms with van der Waals surface area (Å²) < 4.78 is 7.09. The number of nitrogens with two attached hydrogens (primary N) is 1. The zero-order chi connectivity index (χ0) is 21.9. The third-order valence-electron chi connectivity index (χ3n) is 6.73. The number of nitrogen functional groups attached to an aromatic ring is 1. The number of carbonyl (C=O) groups excluding carboxylic acids is 1. The maximum atomic E-state index is 13.0. The van der Waals surface area contributed by atoms with Crippen LogP contribution in [0.1, 0.15) is 36.9 Å². The van der Waals surface area contributed by atoms with Gasteiger partial charge in [0.25, 0.3) is 5.91 Å². The van der Waals surface area contributed by atoms with Crippen LogP contribution in [-0.4, -0.2) is 57.9 Å². The molecule has 2 fully saturated rings. The maximum Gasteiger partial charge on any atom is 0.253 e. The summed E-state index contributed by atoms with van der Waals surface area (Å²) in [5.74, 6) is 1.49. The second-order valence-corrected chi connectivity index (χ2v) is 8.90. The summed E-state index contributed by atoms with van der Waals surface area (Å²) in [4.78, 5) is 19.7. The van der Waals surface area contributed by atoms with E-state index in [1.807, 2.05) is 30.5 Å². The van der Waals surface area contributed by atoms with Gasteiger partial charge in [0.05, 0.1) is 0 Å². The molecule has 170 valence electrons. The van der Waals surface area contributed by atoms with Crippen LogP contribution in [0.5, 0.6) is 5.75 Å². The van der Waals surface area contributed by atoms with Crippen molar-refractivity contribution in [3.8, 4) is 5.75 Å². The van der Waals surface area contributed by atoms with Crippen molar-refractivity contribution in [1.82, 2.24) is 25.0 Å². The first-order chi connectivity index (χ1) is 15.7. The summed E-state index contributed by atoms with van der Waals surface area (Å²) in [6, 6.07) is 8.10. The highest BCUT2D eigenvalue weighted by molar-refractivity contribution is 5.83. The minimum atomic E-state index is -0.0883. The normalized spacial score (nSPS) is 24.8. The lowest BCUT2D eigenvalue weighted by Crippen LogP contribution is -2.37. The van der Waals surface area contributed by atoms with Crippen molar-refractivity contribution in [3.05, 3.63) is 36.5 Å². The van der Waals surface area contributed by atoms with Gasteiger partial charge in [0, 0.05) is 24.2 Å². The molecule has 1 aromatic heterocycles. The molecule has 0 radical (unpaired) electrons. The number of anilines is 3. The predicted molar refractivity (Wildman–Crippen MR) is 123 cm³/mol. The standard InChI is InChI=1S/C23H31N7O2/c24-22-27-23(28-30(22)21(31)17-3-8-20-16(15-17)9-10-25-20)26-18-4-6-19(7-5-18)32-14-13-29-11-1-2-12-29/h4-7,9-10,16-17,20,25H,1-3,8,11-15H2,(H3,24,26,27,28). The highest BCUT2D eigenvalue weighted by atomic mass is 16.5. The van der Waals surface area contributed by atoms with Gasteiger partial charge in [-0.05, 0) is 81.6 Å². The highest BCUT2D eigenvalue weighted by Gasteiger charge is 2.35. The fourth-order valence-corrected chi connectivity index (χ4v) is 4.93. The van der Waals surface area contributed by atoms with Gasteiger partial charge >= 0.3 is 0 Å². The Morgan fingerprint density at radius 3 is 2.84 bits per heavy atom. The number of ether oxygens (including phenoxy) is 1. The molecule has 3 atom stereocenters. The first kappa shape index (κ1) is 20.8. The first-order valence-electron chi connectivity index (χ1n) is 11.6. The van der Waals surface area contributed by atoms with E-state index in [2.05, 4.69) is 31.7 Å². The monoisotopic (exact) mass is 437 g/mol. The lowest BCUT2D eigenvalue weighted by atomic mass is 9.79. The van der Waals surface area contributed by atoms with E-state index in [1.165, 1.54) is 30.6 Å². The van der Waals surface area contributed by atoms with Crippen LogP contribution in [0.3, 0.4) is 0 Å². The summed E-state index contributed by atoms with van der Waals surface area (Å²) in [5.41, 5.74) is 6.83. The van der Waals surface area contributed by atoms with E-state index in [9.17, 15) is 4.79 Å². The van der Waals surface area contributed by atoms with Crippen LogP contribution in [-0.2, 0) is 0 Å². The Morgan fingerprint density at radius 1 is 1.22 bits per heavy atom. The molecule has 5 rings (SSSR count). The Morgan fingerprint density at radius 2 is 2.03 bits per heavy atom. The Balaban J connectivity index is 1.16. The molecule has 0 bridgehead atoms. The molecule has 32 heavy (non-hydrogen) atoms. The maximum absolute atomic E-state index is 13.0. The van der Waals surface area contributed by atoms with Crippen LogP contribution >= 0.6 is 0 Å². The van der Waals surface area contributed by atoms with Gasteiger partial charge in [-0.3, -0.25) is 9.69 Å². The van der Waals surface area contributed by atoms with Crippen molar-refractivity contribution in [1.29, 1.82) is 0 Å². The van der Waals surface area contributed by atoms with Crippen molar-refractivity contribution in [2.45, 2.75) is 38.1 Å². The van der Waals surface area contributed by atoms with E-state index in [0.717, 1.165) is 37.2 Å². The third kappa shape index (κ3) is 4.57. The molecule has 3 unspecified atom stereocenters. The summed E-state index contributed by atoms with van der Waals surface area (Å²) in [5, 5.41) is 10.8. The van der Waals surface area contributed by atoms with E-state index < -0.39 is 0 Å². The molecule has 4 N–H and O–H groups in total. The number of rotatable bonds is 7. The average molecular weight is 438 g/mol. The molecule has 9 heteroatoms. The van der Waals surface area contributed by atoms with E-state index in [0.29, 0.717) is 24.5 Å². The van der Waals surface area contributed by atoms with Gasteiger partial charge in [0.15, 0.2) is 0 Å². The number of fused-ring (bicyclic) bond motifs is 1. The molecule has 2 aliphatic heterocycles. The van der Waals surface area contributed by atoms with Crippen LogP contribution in [0, 0.1) is 11.8 Å².